The standard InChI is InChI=1S/C31H41N5O10/c1-7-9-36(30(44)46-8-2)13-19(37)33-17-12-18(34(3)4)15-10-14-11-16-23(35(5)6)26(40)22(29(32)43)28(42)31(16,45)27(41)20(14)25(39)21(15)24(17)38/h12,14,16,23,38,40-41,45H,7-11,13H2,1-6H3,(H2,32,43)(H,33,37)/t14-,16-,23-,31-/m0/s1. The number of phenols is 1. The van der Waals surface area contributed by atoms with Crippen LogP contribution < -0.4 is 16.0 Å². The summed E-state index contributed by atoms with van der Waals surface area (Å²) in [6.07, 6.45) is -0.108. The summed E-state index contributed by atoms with van der Waals surface area (Å²) < 4.78 is 5.02. The first-order chi connectivity index (χ1) is 21.5. The molecule has 46 heavy (non-hydrogen) atoms. The van der Waals surface area contributed by atoms with E-state index in [0.717, 1.165) is 0 Å². The number of likely N-dealkylation sites (N-methyl/N-ethyl adjacent to an activating group) is 1. The van der Waals surface area contributed by atoms with E-state index >= 15 is 0 Å². The first-order valence-electron chi connectivity index (χ1n) is 14.9. The van der Waals surface area contributed by atoms with Gasteiger partial charge in [-0.05, 0) is 57.8 Å². The molecule has 15 heteroatoms. The number of phenolic OH excluding ortho intramolecular Hbond substituents is 1. The maximum Gasteiger partial charge on any atom is 0.410 e. The molecule has 3 aliphatic carbocycles. The molecular formula is C31H41N5O10. The van der Waals surface area contributed by atoms with Gasteiger partial charge in [0.2, 0.25) is 11.7 Å². The first-order valence-corrected chi connectivity index (χ1v) is 14.9. The number of ketones is 2. The summed E-state index contributed by atoms with van der Waals surface area (Å²) in [5.74, 6) is -8.36. The molecule has 15 nitrogen and oxygen atoms in total. The third-order valence-electron chi connectivity index (χ3n) is 8.81. The summed E-state index contributed by atoms with van der Waals surface area (Å²) in [6.45, 7) is 3.42. The molecule has 3 aliphatic rings. The molecule has 0 fully saturated rings. The van der Waals surface area contributed by atoms with E-state index in [4.69, 9.17) is 10.5 Å². The van der Waals surface area contributed by atoms with E-state index in [2.05, 4.69) is 5.32 Å². The molecular weight excluding hydrogens is 602 g/mol. The molecule has 250 valence electrons. The van der Waals surface area contributed by atoms with E-state index in [1.54, 1.807) is 40.0 Å². The summed E-state index contributed by atoms with van der Waals surface area (Å²) in [5.41, 5.74) is 1.88. The predicted molar refractivity (Wildman–Crippen MR) is 166 cm³/mol. The Hall–Kier alpha value is -4.63. The second kappa shape index (κ2) is 12.6. The highest BCUT2D eigenvalue weighted by Crippen LogP contribution is 2.53. The Bertz CT molecular complexity index is 1560. The van der Waals surface area contributed by atoms with E-state index in [1.807, 2.05) is 6.92 Å². The molecule has 0 heterocycles. The summed E-state index contributed by atoms with van der Waals surface area (Å²) in [7, 11) is 6.51. The fourth-order valence-corrected chi connectivity index (χ4v) is 6.88. The van der Waals surface area contributed by atoms with Crippen molar-refractivity contribution in [1.82, 2.24) is 9.80 Å². The minimum atomic E-state index is -2.77. The number of hydrogen-bond acceptors (Lipinski definition) is 12. The van der Waals surface area contributed by atoms with Crippen LogP contribution in [0.5, 0.6) is 5.75 Å². The van der Waals surface area contributed by atoms with Crippen molar-refractivity contribution in [3.63, 3.8) is 0 Å². The van der Waals surface area contributed by atoms with Crippen molar-refractivity contribution in [2.75, 3.05) is 58.1 Å². The third-order valence-corrected chi connectivity index (χ3v) is 8.81. The average Bonchev–Trinajstić information content (AvgIpc) is 2.95. The maximum atomic E-state index is 14.2. The molecule has 0 spiro atoms. The van der Waals surface area contributed by atoms with Crippen LogP contribution in [0.2, 0.25) is 0 Å². The van der Waals surface area contributed by atoms with Crippen molar-refractivity contribution in [2.24, 2.45) is 17.6 Å². The minimum Gasteiger partial charge on any atom is -0.510 e. The van der Waals surface area contributed by atoms with Crippen molar-refractivity contribution < 1.29 is 49.1 Å². The largest absolute Gasteiger partial charge is 0.510 e. The lowest BCUT2D eigenvalue weighted by Gasteiger charge is -2.50. The minimum absolute atomic E-state index is 0.0565. The van der Waals surface area contributed by atoms with Crippen LogP contribution >= 0.6 is 0 Å². The number of ether oxygens (including phenoxy) is 1. The first kappa shape index (κ1) is 34.2. The lowest BCUT2D eigenvalue weighted by Crippen LogP contribution is -2.63. The number of rotatable bonds is 9. The summed E-state index contributed by atoms with van der Waals surface area (Å²) >= 11 is 0. The number of fused-ring (bicyclic) bond motifs is 3. The summed E-state index contributed by atoms with van der Waals surface area (Å²) in [5, 5.41) is 48.2. The van der Waals surface area contributed by atoms with Crippen LogP contribution in [0.3, 0.4) is 0 Å². The number of nitrogens with one attached hydrogen (secondary N) is 1. The topological polar surface area (TPSA) is 223 Å². The average molecular weight is 644 g/mol. The molecule has 0 aromatic heterocycles. The Balaban J connectivity index is 1.82. The Kier molecular flexibility index (Phi) is 9.41. The molecule has 0 aliphatic heterocycles. The van der Waals surface area contributed by atoms with Crippen LogP contribution in [-0.4, -0.2) is 119 Å². The highest BCUT2D eigenvalue weighted by Gasteiger charge is 2.63. The van der Waals surface area contributed by atoms with Gasteiger partial charge in [-0.25, -0.2) is 4.79 Å². The number of nitrogens with zero attached hydrogens (tertiary/aromatic N) is 3. The fourth-order valence-electron chi connectivity index (χ4n) is 6.88. The van der Waals surface area contributed by atoms with Gasteiger partial charge in [-0.1, -0.05) is 6.92 Å². The Morgan fingerprint density at radius 1 is 1.11 bits per heavy atom. The van der Waals surface area contributed by atoms with Crippen LogP contribution in [0.1, 0.15) is 42.6 Å². The number of allylic oxidation sites excluding steroid dienone is 1. The number of aromatic hydroxyl groups is 1. The van der Waals surface area contributed by atoms with E-state index in [-0.39, 0.29) is 42.8 Å². The number of anilines is 2. The van der Waals surface area contributed by atoms with Crippen molar-refractivity contribution in [2.45, 2.75) is 44.8 Å². The van der Waals surface area contributed by atoms with Crippen molar-refractivity contribution >= 4 is 40.8 Å². The molecule has 0 unspecified atom stereocenters. The molecule has 1 aromatic carbocycles. The molecule has 0 saturated carbocycles. The number of aliphatic hydroxyl groups is 3. The Morgan fingerprint density at radius 2 is 1.76 bits per heavy atom. The van der Waals surface area contributed by atoms with Gasteiger partial charge in [0.05, 0.1) is 23.9 Å². The predicted octanol–water partition coefficient (Wildman–Crippen LogP) is 0.994. The van der Waals surface area contributed by atoms with Gasteiger partial charge in [-0.15, -0.1) is 0 Å². The van der Waals surface area contributed by atoms with Gasteiger partial charge in [0, 0.05) is 37.8 Å². The smallest absolute Gasteiger partial charge is 0.410 e. The highest BCUT2D eigenvalue weighted by atomic mass is 16.6. The number of hydrogen-bond donors (Lipinski definition) is 6. The van der Waals surface area contributed by atoms with Crippen LogP contribution in [0, 0.1) is 11.8 Å². The van der Waals surface area contributed by atoms with Gasteiger partial charge < -0.3 is 41.1 Å². The van der Waals surface area contributed by atoms with Crippen LogP contribution in [0.15, 0.2) is 28.7 Å². The zero-order valence-corrected chi connectivity index (χ0v) is 26.7. The number of primary amides is 1. The van der Waals surface area contributed by atoms with Gasteiger partial charge in [-0.3, -0.25) is 29.0 Å². The maximum absolute atomic E-state index is 14.2. The lowest BCUT2D eigenvalue weighted by atomic mass is 9.58. The van der Waals surface area contributed by atoms with Gasteiger partial charge in [0.25, 0.3) is 5.91 Å². The zero-order valence-electron chi connectivity index (χ0n) is 26.7. The van der Waals surface area contributed by atoms with Crippen LogP contribution in [0.4, 0.5) is 16.2 Å². The highest BCUT2D eigenvalue weighted by molar-refractivity contribution is 6.25. The van der Waals surface area contributed by atoms with Crippen LogP contribution in [0.25, 0.3) is 0 Å². The molecule has 7 N–H and O–H groups in total. The zero-order chi connectivity index (χ0) is 34.4. The van der Waals surface area contributed by atoms with Gasteiger partial charge in [0.15, 0.2) is 17.1 Å². The number of benzene rings is 1. The molecule has 3 amide bonds. The molecule has 0 radical (unpaired) electrons. The molecule has 1 aromatic rings. The van der Waals surface area contributed by atoms with Crippen LogP contribution in [-0.2, 0) is 25.5 Å². The van der Waals surface area contributed by atoms with Gasteiger partial charge >= 0.3 is 6.09 Å². The molecule has 0 saturated heterocycles. The lowest BCUT2D eigenvalue weighted by molar-refractivity contribution is -0.148. The van der Waals surface area contributed by atoms with Crippen molar-refractivity contribution in [3.05, 3.63) is 39.9 Å². The molecule has 0 bridgehead atoms. The summed E-state index contributed by atoms with van der Waals surface area (Å²) in [4.78, 5) is 69.6. The number of nitrogens with two attached hydrogens (primary N) is 1. The quantitative estimate of drug-likeness (QED) is 0.164. The number of carbonyl (C=O) groups is 5. The number of amides is 3. The van der Waals surface area contributed by atoms with Gasteiger partial charge in [-0.2, -0.15) is 0 Å². The van der Waals surface area contributed by atoms with Gasteiger partial charge in [0.1, 0.15) is 23.6 Å². The Labute approximate surface area is 265 Å². The summed E-state index contributed by atoms with van der Waals surface area (Å²) in [6, 6.07) is 0.383. The van der Waals surface area contributed by atoms with Crippen molar-refractivity contribution in [3.8, 4) is 5.75 Å². The molecule has 4 rings (SSSR count). The van der Waals surface area contributed by atoms with E-state index in [0.29, 0.717) is 17.7 Å². The Morgan fingerprint density at radius 3 is 2.30 bits per heavy atom. The SMILES string of the molecule is CCCN(CC(=O)Nc1cc(N(C)C)c2c(c1O)C(=O)C1=C(O)[C@]3(O)C(=O)C(C(N)=O)=C(O)[C@@H](N(C)C)[C@@H]3C[C@@H]1C2)C(=O)OCC. The normalized spacial score (nSPS) is 23.9. The van der Waals surface area contributed by atoms with E-state index < -0.39 is 82.3 Å². The van der Waals surface area contributed by atoms with E-state index in [9.17, 15) is 44.4 Å². The monoisotopic (exact) mass is 643 g/mol. The number of Topliss-reactive ketones (excluding diaryl/α,β-unsaturated/α-hetero) is 2. The second-order valence-electron chi connectivity index (χ2n) is 12.2. The second-order valence-corrected chi connectivity index (χ2v) is 12.2. The number of carbonyl (C=O) groups excluding carboxylic acids is 5. The van der Waals surface area contributed by atoms with E-state index in [1.165, 1.54) is 15.9 Å². The van der Waals surface area contributed by atoms with Crippen molar-refractivity contribution in [1.29, 1.82) is 0 Å². The number of aliphatic hydroxyl groups excluding tert-OH is 2. The third kappa shape index (κ3) is 5.42. The fraction of sp³-hybridized carbons (Fsp3) is 0.516. The molecule has 4 atom stereocenters.